The van der Waals surface area contributed by atoms with Crippen molar-refractivity contribution in [3.05, 3.63) is 0 Å². The SMILES string of the molecule is CC(=O)CC/C(C)=N/O[Si](C)(C)C. The van der Waals surface area contributed by atoms with E-state index in [1.54, 1.807) is 6.92 Å². The van der Waals surface area contributed by atoms with E-state index in [0.717, 1.165) is 5.71 Å². The predicted octanol–water partition coefficient (Wildman–Crippen LogP) is 2.58. The van der Waals surface area contributed by atoms with Crippen molar-refractivity contribution in [2.75, 3.05) is 0 Å². The van der Waals surface area contributed by atoms with Gasteiger partial charge in [-0.05, 0) is 39.9 Å². The molecular formula is C9H19NO2Si. The Morgan fingerprint density at radius 1 is 1.23 bits per heavy atom. The van der Waals surface area contributed by atoms with Crippen molar-refractivity contribution in [3.63, 3.8) is 0 Å². The van der Waals surface area contributed by atoms with Gasteiger partial charge in [0.05, 0.1) is 5.71 Å². The van der Waals surface area contributed by atoms with Crippen LogP contribution >= 0.6 is 0 Å². The van der Waals surface area contributed by atoms with Crippen LogP contribution in [-0.2, 0) is 9.32 Å². The second kappa shape index (κ2) is 5.17. The lowest BCUT2D eigenvalue weighted by Crippen LogP contribution is -2.22. The summed E-state index contributed by atoms with van der Waals surface area (Å²) in [6.45, 7) is 9.72. The van der Waals surface area contributed by atoms with E-state index in [4.69, 9.17) is 4.53 Å². The molecule has 3 nitrogen and oxygen atoms in total. The van der Waals surface area contributed by atoms with Crippen LogP contribution in [-0.4, -0.2) is 19.8 Å². The summed E-state index contributed by atoms with van der Waals surface area (Å²) in [5, 5.41) is 3.99. The van der Waals surface area contributed by atoms with Gasteiger partial charge in [0.2, 0.25) is 0 Å². The highest BCUT2D eigenvalue weighted by Crippen LogP contribution is 2.04. The van der Waals surface area contributed by atoms with Crippen molar-refractivity contribution >= 4 is 19.8 Å². The van der Waals surface area contributed by atoms with Gasteiger partial charge in [-0.1, -0.05) is 0 Å². The van der Waals surface area contributed by atoms with Crippen LogP contribution in [0.2, 0.25) is 19.6 Å². The number of ketones is 1. The molecule has 0 saturated heterocycles. The van der Waals surface area contributed by atoms with Gasteiger partial charge in [0.1, 0.15) is 5.78 Å². The molecule has 0 unspecified atom stereocenters. The lowest BCUT2D eigenvalue weighted by Gasteiger charge is -2.13. The molecule has 0 bridgehead atoms. The van der Waals surface area contributed by atoms with Crippen LogP contribution in [0.1, 0.15) is 26.7 Å². The van der Waals surface area contributed by atoms with Crippen molar-refractivity contribution in [3.8, 4) is 0 Å². The van der Waals surface area contributed by atoms with Crippen LogP contribution in [0.15, 0.2) is 5.16 Å². The van der Waals surface area contributed by atoms with Crippen LogP contribution in [0.3, 0.4) is 0 Å². The Bertz CT molecular complexity index is 206. The number of carbonyl (C=O) groups excluding carboxylic acids is 1. The Kier molecular flexibility index (Phi) is 4.91. The summed E-state index contributed by atoms with van der Waals surface area (Å²) < 4.78 is 5.34. The average molecular weight is 201 g/mol. The first-order valence-electron chi connectivity index (χ1n) is 4.52. The van der Waals surface area contributed by atoms with Gasteiger partial charge in [0, 0.05) is 6.42 Å². The van der Waals surface area contributed by atoms with Gasteiger partial charge >= 0.3 is 0 Å². The third-order valence-corrected chi connectivity index (χ3v) is 1.95. The Morgan fingerprint density at radius 2 is 1.77 bits per heavy atom. The summed E-state index contributed by atoms with van der Waals surface area (Å²) in [6.07, 6.45) is 1.27. The normalized spacial score (nSPS) is 12.8. The first-order chi connectivity index (χ1) is 5.81. The van der Waals surface area contributed by atoms with E-state index in [1.807, 2.05) is 6.92 Å². The average Bonchev–Trinajstić information content (AvgIpc) is 1.95. The van der Waals surface area contributed by atoms with Crippen molar-refractivity contribution in [1.29, 1.82) is 0 Å². The van der Waals surface area contributed by atoms with Crippen LogP contribution in [0, 0.1) is 0 Å². The van der Waals surface area contributed by atoms with Gasteiger partial charge in [-0.25, -0.2) is 0 Å². The van der Waals surface area contributed by atoms with Crippen molar-refractivity contribution in [2.45, 2.75) is 46.3 Å². The minimum Gasteiger partial charge on any atom is -0.456 e. The molecule has 0 saturated carbocycles. The maximum absolute atomic E-state index is 10.7. The second-order valence-electron chi connectivity index (χ2n) is 4.23. The fourth-order valence-electron chi connectivity index (χ4n) is 0.617. The summed E-state index contributed by atoms with van der Waals surface area (Å²) in [7, 11) is -1.55. The van der Waals surface area contributed by atoms with E-state index in [0.29, 0.717) is 12.8 Å². The number of carbonyl (C=O) groups is 1. The molecule has 0 fully saturated rings. The van der Waals surface area contributed by atoms with E-state index >= 15 is 0 Å². The van der Waals surface area contributed by atoms with Crippen LogP contribution in [0.4, 0.5) is 0 Å². The van der Waals surface area contributed by atoms with E-state index in [2.05, 4.69) is 24.8 Å². The zero-order valence-corrected chi connectivity index (χ0v) is 10.2. The number of rotatable bonds is 5. The Hall–Kier alpha value is -0.643. The molecule has 0 aliphatic rings. The number of hydrogen-bond acceptors (Lipinski definition) is 3. The van der Waals surface area contributed by atoms with Gasteiger partial charge in [-0.15, -0.1) is 5.16 Å². The first-order valence-corrected chi connectivity index (χ1v) is 7.93. The topological polar surface area (TPSA) is 38.7 Å². The Balaban J connectivity index is 3.83. The molecule has 13 heavy (non-hydrogen) atoms. The van der Waals surface area contributed by atoms with Crippen LogP contribution in [0.5, 0.6) is 0 Å². The monoisotopic (exact) mass is 201 g/mol. The minimum absolute atomic E-state index is 0.197. The lowest BCUT2D eigenvalue weighted by atomic mass is 10.2. The summed E-state index contributed by atoms with van der Waals surface area (Å²) in [5.41, 5.74) is 0.901. The largest absolute Gasteiger partial charge is 0.456 e. The van der Waals surface area contributed by atoms with Gasteiger partial charge in [0.25, 0.3) is 8.32 Å². The quantitative estimate of drug-likeness (QED) is 0.389. The maximum atomic E-state index is 10.7. The maximum Gasteiger partial charge on any atom is 0.278 e. The Morgan fingerprint density at radius 3 is 2.15 bits per heavy atom. The molecular weight excluding hydrogens is 182 g/mol. The number of hydrogen-bond donors (Lipinski definition) is 0. The lowest BCUT2D eigenvalue weighted by molar-refractivity contribution is -0.116. The van der Waals surface area contributed by atoms with E-state index in [9.17, 15) is 4.79 Å². The van der Waals surface area contributed by atoms with Crippen LogP contribution in [0.25, 0.3) is 0 Å². The molecule has 0 aromatic heterocycles. The van der Waals surface area contributed by atoms with Crippen molar-refractivity contribution in [1.82, 2.24) is 0 Å². The summed E-state index contributed by atoms with van der Waals surface area (Å²) in [5.74, 6) is 0.197. The standard InChI is InChI=1S/C9H19NO2Si/c1-8(6-7-9(2)11)10-12-13(3,4)5/h6-7H2,1-5H3/b10-8+. The molecule has 0 aliphatic carbocycles. The molecule has 0 atom stereocenters. The molecule has 0 heterocycles. The molecule has 0 aromatic rings. The summed E-state index contributed by atoms with van der Waals surface area (Å²) >= 11 is 0. The van der Waals surface area contributed by atoms with Gasteiger partial charge < -0.3 is 9.32 Å². The summed E-state index contributed by atoms with van der Waals surface area (Å²) in [4.78, 5) is 10.7. The smallest absolute Gasteiger partial charge is 0.278 e. The minimum atomic E-state index is -1.55. The number of nitrogens with zero attached hydrogens (tertiary/aromatic N) is 1. The highest BCUT2D eigenvalue weighted by molar-refractivity contribution is 6.69. The molecule has 0 rings (SSSR count). The van der Waals surface area contributed by atoms with Gasteiger partial charge in [-0.2, -0.15) is 0 Å². The van der Waals surface area contributed by atoms with Gasteiger partial charge in [-0.3, -0.25) is 0 Å². The zero-order chi connectivity index (χ0) is 10.5. The summed E-state index contributed by atoms with van der Waals surface area (Å²) in [6, 6.07) is 0. The molecule has 0 aromatic carbocycles. The Labute approximate surface area is 81.3 Å². The molecule has 0 N–H and O–H groups in total. The third kappa shape index (κ3) is 9.27. The van der Waals surface area contributed by atoms with E-state index < -0.39 is 8.32 Å². The fraction of sp³-hybridized carbons (Fsp3) is 0.778. The molecule has 0 amide bonds. The molecule has 0 aliphatic heterocycles. The van der Waals surface area contributed by atoms with Crippen molar-refractivity contribution < 1.29 is 9.32 Å². The van der Waals surface area contributed by atoms with Crippen molar-refractivity contribution in [2.24, 2.45) is 5.16 Å². The second-order valence-corrected chi connectivity index (χ2v) is 8.64. The number of oxime groups is 1. The van der Waals surface area contributed by atoms with Crippen LogP contribution < -0.4 is 0 Å². The molecule has 76 valence electrons. The highest BCUT2D eigenvalue weighted by Gasteiger charge is 2.15. The third-order valence-electron chi connectivity index (χ3n) is 1.31. The molecule has 4 heteroatoms. The van der Waals surface area contributed by atoms with E-state index in [1.165, 1.54) is 0 Å². The molecule has 0 radical (unpaired) electrons. The van der Waals surface area contributed by atoms with E-state index in [-0.39, 0.29) is 5.78 Å². The molecule has 0 spiro atoms. The predicted molar refractivity (Wildman–Crippen MR) is 57.5 cm³/mol. The highest BCUT2D eigenvalue weighted by atomic mass is 28.4. The first kappa shape index (κ1) is 12.4. The van der Waals surface area contributed by atoms with Gasteiger partial charge in [0.15, 0.2) is 0 Å². The number of Topliss-reactive ketones (excluding diaryl/α,β-unsaturated/α-hetero) is 1. The zero-order valence-electron chi connectivity index (χ0n) is 9.18. The fourth-order valence-corrected chi connectivity index (χ4v) is 1.05.